The lowest BCUT2D eigenvalue weighted by Crippen LogP contribution is -2.22. The monoisotopic (exact) mass is 574 g/mol. The predicted octanol–water partition coefficient (Wildman–Crippen LogP) is 6.21. The van der Waals surface area contributed by atoms with Gasteiger partial charge < -0.3 is 4.74 Å². The zero-order valence-electron chi connectivity index (χ0n) is 15.8. The number of ether oxygens (including phenoxy) is 1. The molecule has 0 fully saturated rings. The minimum Gasteiger partial charge on any atom is -0.487 e. The zero-order chi connectivity index (χ0) is 21.5. The summed E-state index contributed by atoms with van der Waals surface area (Å²) in [6.07, 6.45) is 1.87. The van der Waals surface area contributed by atoms with E-state index in [2.05, 4.69) is 36.8 Å². The number of rotatable bonds is 4. The summed E-state index contributed by atoms with van der Waals surface area (Å²) in [7, 11) is 0. The van der Waals surface area contributed by atoms with Crippen molar-refractivity contribution < 1.29 is 4.74 Å². The van der Waals surface area contributed by atoms with Gasteiger partial charge in [-0.3, -0.25) is 4.79 Å². The van der Waals surface area contributed by atoms with Gasteiger partial charge in [0.1, 0.15) is 12.4 Å². The molecule has 0 unspecified atom stereocenters. The summed E-state index contributed by atoms with van der Waals surface area (Å²) in [5.41, 5.74) is 3.48. The van der Waals surface area contributed by atoms with Crippen LogP contribution in [0.5, 0.6) is 5.75 Å². The molecule has 154 valence electrons. The predicted molar refractivity (Wildman–Crippen MR) is 133 cm³/mol. The number of halogens is 3. The van der Waals surface area contributed by atoms with Crippen LogP contribution in [0.15, 0.2) is 74.4 Å². The minimum absolute atomic E-state index is 0.0657. The molecule has 5 aromatic rings. The van der Waals surface area contributed by atoms with Gasteiger partial charge in [0.15, 0.2) is 4.96 Å². The molecule has 0 saturated heterocycles. The largest absolute Gasteiger partial charge is 0.487 e. The lowest BCUT2D eigenvalue weighted by molar-refractivity contribution is 0.302. The average Bonchev–Trinajstić information content (AvgIpc) is 3.25. The summed E-state index contributed by atoms with van der Waals surface area (Å²) >= 11 is 14.5. The Balaban J connectivity index is 1.48. The summed E-state index contributed by atoms with van der Waals surface area (Å²) < 4.78 is 9.86. The third kappa shape index (κ3) is 4.03. The van der Waals surface area contributed by atoms with E-state index in [9.17, 15) is 4.79 Å². The first kappa shape index (κ1) is 20.7. The molecule has 0 aliphatic carbocycles. The van der Waals surface area contributed by atoms with Crippen LogP contribution in [0.3, 0.4) is 0 Å². The minimum atomic E-state index is -0.0657. The molecule has 0 atom stereocenters. The molecule has 2 aromatic heterocycles. The summed E-state index contributed by atoms with van der Waals surface area (Å²) in [5, 5.41) is 0.692. The Hall–Kier alpha value is -2.19. The van der Waals surface area contributed by atoms with E-state index in [0.717, 1.165) is 31.1 Å². The Labute approximate surface area is 203 Å². The lowest BCUT2D eigenvalue weighted by Gasteiger charge is -2.11. The van der Waals surface area contributed by atoms with Gasteiger partial charge in [-0.1, -0.05) is 47.2 Å². The third-order valence-corrected chi connectivity index (χ3v) is 7.16. The van der Waals surface area contributed by atoms with Crippen LogP contribution in [-0.4, -0.2) is 9.38 Å². The van der Waals surface area contributed by atoms with Crippen LogP contribution in [0.25, 0.3) is 22.1 Å². The van der Waals surface area contributed by atoms with Gasteiger partial charge in [-0.05, 0) is 85.5 Å². The molecular formula is C23H13Br2ClN2O2S. The SMILES string of the molecule is O=c1/c(=C/c2cc(Br)c(OCc3ccc(Cl)cc3)c(Br)c2)sc2nc3ccccc3n12. The van der Waals surface area contributed by atoms with E-state index in [-0.39, 0.29) is 5.56 Å². The first-order valence-corrected chi connectivity index (χ1v) is 12.1. The van der Waals surface area contributed by atoms with Crippen molar-refractivity contribution in [1.29, 1.82) is 0 Å². The number of para-hydroxylation sites is 2. The van der Waals surface area contributed by atoms with Crippen LogP contribution < -0.4 is 14.8 Å². The van der Waals surface area contributed by atoms with Gasteiger partial charge in [0.05, 0.1) is 24.5 Å². The molecule has 31 heavy (non-hydrogen) atoms. The maximum Gasteiger partial charge on any atom is 0.274 e. The van der Waals surface area contributed by atoms with Gasteiger partial charge >= 0.3 is 0 Å². The highest BCUT2D eigenvalue weighted by atomic mass is 79.9. The summed E-state index contributed by atoms with van der Waals surface area (Å²) in [6.45, 7) is 0.414. The van der Waals surface area contributed by atoms with E-state index < -0.39 is 0 Å². The summed E-state index contributed by atoms with van der Waals surface area (Å²) in [4.78, 5) is 18.2. The Morgan fingerprint density at radius 1 is 1.06 bits per heavy atom. The zero-order valence-corrected chi connectivity index (χ0v) is 20.6. The van der Waals surface area contributed by atoms with Gasteiger partial charge in [-0.2, -0.15) is 0 Å². The quantitative estimate of drug-likeness (QED) is 0.255. The van der Waals surface area contributed by atoms with Gasteiger partial charge in [0.2, 0.25) is 0 Å². The topological polar surface area (TPSA) is 43.6 Å². The molecule has 0 spiro atoms. The Morgan fingerprint density at radius 3 is 2.52 bits per heavy atom. The van der Waals surface area contributed by atoms with E-state index in [4.69, 9.17) is 16.3 Å². The van der Waals surface area contributed by atoms with Crippen molar-refractivity contribution in [3.8, 4) is 5.75 Å². The molecule has 0 radical (unpaired) electrons. The maximum absolute atomic E-state index is 13.0. The first-order valence-electron chi connectivity index (χ1n) is 9.27. The molecule has 0 saturated carbocycles. The van der Waals surface area contributed by atoms with E-state index in [1.165, 1.54) is 11.3 Å². The highest BCUT2D eigenvalue weighted by molar-refractivity contribution is 9.11. The molecule has 8 heteroatoms. The summed E-state index contributed by atoms with van der Waals surface area (Å²) in [6, 6.07) is 19.1. The second-order valence-corrected chi connectivity index (χ2v) is 10.0. The van der Waals surface area contributed by atoms with Crippen LogP contribution in [0.2, 0.25) is 5.02 Å². The van der Waals surface area contributed by atoms with E-state index in [1.54, 1.807) is 4.40 Å². The third-order valence-electron chi connectivity index (χ3n) is 4.76. The molecule has 0 N–H and O–H groups in total. The van der Waals surface area contributed by atoms with Crippen molar-refractivity contribution in [3.05, 3.63) is 101 Å². The fourth-order valence-corrected chi connectivity index (χ4v) is 5.86. The van der Waals surface area contributed by atoms with Crippen molar-refractivity contribution in [2.24, 2.45) is 0 Å². The second kappa shape index (κ2) is 8.39. The molecule has 0 aliphatic rings. The van der Waals surface area contributed by atoms with Gasteiger partial charge in [0.25, 0.3) is 5.56 Å². The summed E-state index contributed by atoms with van der Waals surface area (Å²) in [5.74, 6) is 0.696. The molecule has 0 bridgehead atoms. The standard InChI is InChI=1S/C23H13Br2ClN2O2S/c24-16-9-14(10-17(25)21(16)30-12-13-5-7-15(26)8-6-13)11-20-22(29)28-19-4-2-1-3-18(19)27-23(28)31-20/h1-11H,12H2/b20-11-. The molecule has 5 rings (SSSR count). The maximum atomic E-state index is 13.0. The Kier molecular flexibility index (Phi) is 5.60. The Morgan fingerprint density at radius 2 is 1.77 bits per heavy atom. The number of benzene rings is 3. The van der Waals surface area contributed by atoms with E-state index >= 15 is 0 Å². The van der Waals surface area contributed by atoms with Crippen LogP contribution in [0, 0.1) is 0 Å². The van der Waals surface area contributed by atoms with Crippen LogP contribution in [0.4, 0.5) is 0 Å². The van der Waals surface area contributed by atoms with E-state index in [1.807, 2.05) is 66.7 Å². The molecule has 2 heterocycles. The number of thiazole rings is 1. The number of nitrogens with zero attached hydrogens (tertiary/aromatic N) is 2. The van der Waals surface area contributed by atoms with Gasteiger partial charge in [0, 0.05) is 5.02 Å². The average molecular weight is 577 g/mol. The van der Waals surface area contributed by atoms with Crippen molar-refractivity contribution in [2.45, 2.75) is 6.61 Å². The molecular weight excluding hydrogens is 564 g/mol. The van der Waals surface area contributed by atoms with Gasteiger partial charge in [-0.25, -0.2) is 9.38 Å². The van der Waals surface area contributed by atoms with Crippen LogP contribution in [0.1, 0.15) is 11.1 Å². The lowest BCUT2D eigenvalue weighted by atomic mass is 10.2. The van der Waals surface area contributed by atoms with Crippen LogP contribution >= 0.6 is 54.8 Å². The molecule has 4 nitrogen and oxygen atoms in total. The number of fused-ring (bicyclic) bond motifs is 3. The van der Waals surface area contributed by atoms with Crippen molar-refractivity contribution in [1.82, 2.24) is 9.38 Å². The normalized spacial score (nSPS) is 12.2. The molecule has 0 amide bonds. The van der Waals surface area contributed by atoms with Crippen LogP contribution in [-0.2, 0) is 6.61 Å². The van der Waals surface area contributed by atoms with Crippen molar-refractivity contribution >= 4 is 76.9 Å². The Bertz CT molecular complexity index is 1520. The fraction of sp³-hybridized carbons (Fsp3) is 0.0435. The fourth-order valence-electron chi connectivity index (χ4n) is 3.30. The first-order chi connectivity index (χ1) is 15.0. The second-order valence-electron chi connectivity index (χ2n) is 6.86. The van der Waals surface area contributed by atoms with Crippen molar-refractivity contribution in [2.75, 3.05) is 0 Å². The number of hydrogen-bond acceptors (Lipinski definition) is 4. The highest BCUT2D eigenvalue weighted by Gasteiger charge is 2.12. The number of hydrogen-bond donors (Lipinski definition) is 0. The highest BCUT2D eigenvalue weighted by Crippen LogP contribution is 2.35. The number of aromatic nitrogens is 2. The molecule has 0 aliphatic heterocycles. The van der Waals surface area contributed by atoms with E-state index in [0.29, 0.717) is 26.9 Å². The van der Waals surface area contributed by atoms with Crippen molar-refractivity contribution in [3.63, 3.8) is 0 Å². The molecule has 3 aromatic carbocycles. The number of imidazole rings is 1. The smallest absolute Gasteiger partial charge is 0.274 e. The van der Waals surface area contributed by atoms with Gasteiger partial charge in [-0.15, -0.1) is 0 Å².